The molecule has 6 nitrogen and oxygen atoms in total. The second kappa shape index (κ2) is 2.85. The molecule has 0 radical (unpaired) electrons. The molecule has 1 atom stereocenters. The Morgan fingerprint density at radius 3 is 2.86 bits per heavy atom. The van der Waals surface area contributed by atoms with E-state index in [0.717, 1.165) is 5.69 Å². The number of rotatable bonds is 1. The first kappa shape index (κ1) is 8.76. The second-order valence-corrected chi connectivity index (χ2v) is 3.26. The molecule has 2 rings (SSSR count). The molecule has 1 aromatic rings. The minimum atomic E-state index is -0.958. The molecule has 0 spiro atoms. The van der Waals surface area contributed by atoms with Crippen LogP contribution in [-0.2, 0) is 5.66 Å². The summed E-state index contributed by atoms with van der Waals surface area (Å²) in [5.74, 6) is 0.475. The number of aromatic amines is 1. The van der Waals surface area contributed by atoms with Crippen molar-refractivity contribution in [2.45, 2.75) is 12.6 Å². The second-order valence-electron chi connectivity index (χ2n) is 3.26. The Balaban J connectivity index is 2.41. The first-order valence-corrected chi connectivity index (χ1v) is 4.20. The molecule has 74 valence electrons. The highest BCUT2D eigenvalue weighted by Gasteiger charge is 2.28. The maximum atomic E-state index is 6.01. The summed E-state index contributed by atoms with van der Waals surface area (Å²) in [6, 6.07) is 1.84. The van der Waals surface area contributed by atoms with Crippen molar-refractivity contribution in [1.82, 2.24) is 15.5 Å². The van der Waals surface area contributed by atoms with E-state index < -0.39 is 5.66 Å². The molecule has 14 heavy (non-hydrogen) atoms. The SMILES string of the molecule is Cc1cc(C2(N)C=C(N)NC=N2)n[nH]1. The van der Waals surface area contributed by atoms with E-state index in [4.69, 9.17) is 11.5 Å². The standard InChI is InChI=1S/C8H12N6/c1-5-2-6(14-13-5)8(10)3-7(9)11-4-12-8/h2-4H,9-10H2,1H3,(H,11,12)(H,13,14). The van der Waals surface area contributed by atoms with E-state index in [0.29, 0.717) is 11.5 Å². The van der Waals surface area contributed by atoms with Crippen LogP contribution < -0.4 is 16.8 Å². The number of hydrogen-bond acceptors (Lipinski definition) is 5. The Labute approximate surface area is 81.1 Å². The van der Waals surface area contributed by atoms with E-state index in [1.165, 1.54) is 6.34 Å². The van der Waals surface area contributed by atoms with E-state index in [-0.39, 0.29) is 0 Å². The van der Waals surface area contributed by atoms with Gasteiger partial charge in [0, 0.05) is 11.8 Å². The van der Waals surface area contributed by atoms with Crippen molar-refractivity contribution in [2.75, 3.05) is 0 Å². The zero-order chi connectivity index (χ0) is 10.2. The third-order valence-electron chi connectivity index (χ3n) is 2.00. The lowest BCUT2D eigenvalue weighted by molar-refractivity contribution is 0.557. The summed E-state index contributed by atoms with van der Waals surface area (Å²) < 4.78 is 0. The Morgan fingerprint density at radius 2 is 2.29 bits per heavy atom. The number of nitrogens with two attached hydrogens (primary N) is 2. The van der Waals surface area contributed by atoms with E-state index in [2.05, 4.69) is 20.5 Å². The summed E-state index contributed by atoms with van der Waals surface area (Å²) in [5.41, 5.74) is 12.2. The summed E-state index contributed by atoms with van der Waals surface area (Å²) in [6.07, 6.45) is 3.10. The summed E-state index contributed by atoms with van der Waals surface area (Å²) >= 11 is 0. The summed E-state index contributed by atoms with van der Waals surface area (Å²) in [4.78, 5) is 4.10. The molecule has 1 aliphatic heterocycles. The molecule has 1 aromatic heterocycles. The highest BCUT2D eigenvalue weighted by atomic mass is 15.2. The molecule has 0 saturated carbocycles. The number of H-pyrrole nitrogens is 1. The van der Waals surface area contributed by atoms with E-state index in [1.54, 1.807) is 6.08 Å². The summed E-state index contributed by atoms with van der Waals surface area (Å²) in [7, 11) is 0. The molecule has 0 saturated heterocycles. The number of hydrogen-bond donors (Lipinski definition) is 4. The van der Waals surface area contributed by atoms with Gasteiger partial charge in [0.2, 0.25) is 0 Å². The fourth-order valence-corrected chi connectivity index (χ4v) is 1.29. The topological polar surface area (TPSA) is 105 Å². The lowest BCUT2D eigenvalue weighted by atomic mass is 10.1. The first-order valence-electron chi connectivity index (χ1n) is 4.20. The lowest BCUT2D eigenvalue weighted by Gasteiger charge is -2.22. The van der Waals surface area contributed by atoms with E-state index in [9.17, 15) is 0 Å². The van der Waals surface area contributed by atoms with Gasteiger partial charge in [0.15, 0.2) is 5.66 Å². The zero-order valence-electron chi connectivity index (χ0n) is 7.78. The average molecular weight is 192 g/mol. The number of nitrogens with zero attached hydrogens (tertiary/aromatic N) is 2. The maximum Gasteiger partial charge on any atom is 0.177 e. The molecule has 0 bridgehead atoms. The predicted molar refractivity (Wildman–Crippen MR) is 53.1 cm³/mol. The van der Waals surface area contributed by atoms with Crippen molar-refractivity contribution in [3.8, 4) is 0 Å². The third kappa shape index (κ3) is 1.35. The predicted octanol–water partition coefficient (Wildman–Crippen LogP) is -0.739. The Bertz CT molecular complexity index is 404. The van der Waals surface area contributed by atoms with Crippen LogP contribution in [0.4, 0.5) is 0 Å². The van der Waals surface area contributed by atoms with E-state index >= 15 is 0 Å². The summed E-state index contributed by atoms with van der Waals surface area (Å²) in [5, 5.41) is 9.61. The highest BCUT2D eigenvalue weighted by Crippen LogP contribution is 2.21. The van der Waals surface area contributed by atoms with Gasteiger partial charge < -0.3 is 11.1 Å². The van der Waals surface area contributed by atoms with Crippen LogP contribution in [-0.4, -0.2) is 16.5 Å². The summed E-state index contributed by atoms with van der Waals surface area (Å²) in [6.45, 7) is 1.90. The van der Waals surface area contributed by atoms with Crippen molar-refractivity contribution in [1.29, 1.82) is 0 Å². The molecule has 0 amide bonds. The van der Waals surface area contributed by atoms with Crippen LogP contribution in [0.5, 0.6) is 0 Å². The smallest absolute Gasteiger partial charge is 0.177 e. The van der Waals surface area contributed by atoms with Gasteiger partial charge in [0.05, 0.1) is 6.34 Å². The fraction of sp³-hybridized carbons (Fsp3) is 0.250. The van der Waals surface area contributed by atoms with Crippen molar-refractivity contribution in [2.24, 2.45) is 16.5 Å². The largest absolute Gasteiger partial charge is 0.385 e. The van der Waals surface area contributed by atoms with Crippen LogP contribution in [0.2, 0.25) is 0 Å². The third-order valence-corrected chi connectivity index (χ3v) is 2.00. The van der Waals surface area contributed by atoms with Gasteiger partial charge in [-0.25, -0.2) is 4.99 Å². The molecule has 6 N–H and O–H groups in total. The normalized spacial score (nSPS) is 25.7. The van der Waals surface area contributed by atoms with Crippen molar-refractivity contribution in [3.63, 3.8) is 0 Å². The molecule has 1 unspecified atom stereocenters. The zero-order valence-corrected chi connectivity index (χ0v) is 7.78. The van der Waals surface area contributed by atoms with Gasteiger partial charge in [-0.1, -0.05) is 0 Å². The van der Waals surface area contributed by atoms with Gasteiger partial charge in [-0.15, -0.1) is 0 Å². The average Bonchev–Trinajstić information content (AvgIpc) is 2.52. The van der Waals surface area contributed by atoms with Crippen molar-refractivity contribution in [3.05, 3.63) is 29.4 Å². The monoisotopic (exact) mass is 192 g/mol. The molecule has 0 fully saturated rings. The molecule has 6 heteroatoms. The maximum absolute atomic E-state index is 6.01. The van der Waals surface area contributed by atoms with Gasteiger partial charge in [-0.3, -0.25) is 10.8 Å². The van der Waals surface area contributed by atoms with Crippen LogP contribution in [0.15, 0.2) is 23.0 Å². The van der Waals surface area contributed by atoms with Crippen LogP contribution in [0.3, 0.4) is 0 Å². The Kier molecular flexibility index (Phi) is 1.78. The highest BCUT2D eigenvalue weighted by molar-refractivity contribution is 5.61. The van der Waals surface area contributed by atoms with Gasteiger partial charge in [-0.05, 0) is 13.0 Å². The van der Waals surface area contributed by atoms with Gasteiger partial charge >= 0.3 is 0 Å². The van der Waals surface area contributed by atoms with E-state index in [1.807, 2.05) is 13.0 Å². The first-order chi connectivity index (χ1) is 6.60. The van der Waals surface area contributed by atoms with Gasteiger partial charge in [-0.2, -0.15) is 5.10 Å². The number of nitrogens with one attached hydrogen (secondary N) is 2. The molecule has 2 heterocycles. The minimum absolute atomic E-state index is 0.475. The number of aliphatic imine (C=N–C) groups is 1. The number of aromatic nitrogens is 2. The van der Waals surface area contributed by atoms with Crippen molar-refractivity contribution >= 4 is 6.34 Å². The van der Waals surface area contributed by atoms with Crippen LogP contribution in [0.25, 0.3) is 0 Å². The molecule has 1 aliphatic rings. The van der Waals surface area contributed by atoms with Crippen LogP contribution >= 0.6 is 0 Å². The van der Waals surface area contributed by atoms with Crippen LogP contribution in [0.1, 0.15) is 11.4 Å². The lowest BCUT2D eigenvalue weighted by Crippen LogP contribution is -2.39. The molecule has 0 aromatic carbocycles. The van der Waals surface area contributed by atoms with Crippen LogP contribution in [0, 0.1) is 6.92 Å². The quantitative estimate of drug-likeness (QED) is 0.470. The number of aryl methyl sites for hydroxylation is 1. The molecule has 0 aliphatic carbocycles. The van der Waals surface area contributed by atoms with Gasteiger partial charge in [0.1, 0.15) is 11.5 Å². The fourth-order valence-electron chi connectivity index (χ4n) is 1.29. The molecular formula is C8H12N6. The molecular weight excluding hydrogens is 180 g/mol. The Hall–Kier alpha value is -1.82. The van der Waals surface area contributed by atoms with Crippen molar-refractivity contribution < 1.29 is 0 Å². The van der Waals surface area contributed by atoms with Gasteiger partial charge in [0.25, 0.3) is 0 Å². The minimum Gasteiger partial charge on any atom is -0.385 e. The Morgan fingerprint density at radius 1 is 1.50 bits per heavy atom.